The van der Waals surface area contributed by atoms with Gasteiger partial charge in [0.25, 0.3) is 0 Å². The molecule has 2 rings (SSSR count). The molecule has 1 aromatic rings. The number of hydrogen-bond donors (Lipinski definition) is 1. The number of nitrogens with zero attached hydrogens (tertiary/aromatic N) is 2. The van der Waals surface area contributed by atoms with Gasteiger partial charge >= 0.3 is 0 Å². The van der Waals surface area contributed by atoms with Gasteiger partial charge in [-0.3, -0.25) is 0 Å². The first-order valence-corrected chi connectivity index (χ1v) is 9.62. The maximum absolute atomic E-state index is 12.0. The Hall–Kier alpha value is -0.500. The van der Waals surface area contributed by atoms with Gasteiger partial charge in [0.15, 0.2) is 0 Å². The Morgan fingerprint density at radius 3 is 2.70 bits per heavy atom. The summed E-state index contributed by atoms with van der Waals surface area (Å²) in [4.78, 5) is 4.42. The Balaban J connectivity index is 1.77. The van der Waals surface area contributed by atoms with Crippen LogP contribution >= 0.6 is 11.3 Å². The number of aryl methyl sites for hydroxylation is 1. The minimum Gasteiger partial charge on any atom is -0.308 e. The highest BCUT2D eigenvalue weighted by Gasteiger charge is 2.26. The van der Waals surface area contributed by atoms with Crippen LogP contribution in [0, 0.1) is 6.92 Å². The van der Waals surface area contributed by atoms with Gasteiger partial charge in [-0.15, -0.1) is 11.3 Å². The average molecular weight is 317 g/mol. The van der Waals surface area contributed by atoms with Gasteiger partial charge in [0.05, 0.1) is 5.75 Å². The van der Waals surface area contributed by atoms with Crippen molar-refractivity contribution in [3.05, 3.63) is 16.1 Å². The van der Waals surface area contributed by atoms with E-state index in [1.165, 1.54) is 0 Å². The largest absolute Gasteiger partial charge is 0.308 e. The van der Waals surface area contributed by atoms with Gasteiger partial charge in [-0.2, -0.15) is 0 Å². The molecule has 1 aliphatic heterocycles. The molecule has 5 nitrogen and oxygen atoms in total. The third-order valence-electron chi connectivity index (χ3n) is 3.52. The molecule has 0 aromatic carbocycles. The van der Waals surface area contributed by atoms with E-state index in [-0.39, 0.29) is 5.75 Å². The van der Waals surface area contributed by atoms with Crippen molar-refractivity contribution in [1.29, 1.82) is 0 Å². The van der Waals surface area contributed by atoms with Gasteiger partial charge in [0.2, 0.25) is 10.0 Å². The summed E-state index contributed by atoms with van der Waals surface area (Å²) in [6, 6.07) is 0.396. The van der Waals surface area contributed by atoms with E-state index >= 15 is 0 Å². The fourth-order valence-corrected chi connectivity index (χ4v) is 4.70. The number of piperidine rings is 1. The molecular formula is C13H23N3O2S2. The zero-order valence-corrected chi connectivity index (χ0v) is 13.8. The molecule has 0 unspecified atom stereocenters. The van der Waals surface area contributed by atoms with E-state index in [0.29, 0.717) is 25.6 Å². The summed E-state index contributed by atoms with van der Waals surface area (Å²) in [6.07, 6.45) is 2.45. The number of nitrogens with one attached hydrogen (secondary N) is 1. The van der Waals surface area contributed by atoms with Crippen LogP contribution in [0.3, 0.4) is 0 Å². The predicted octanol–water partition coefficient (Wildman–Crippen LogP) is 1.75. The third-order valence-corrected chi connectivity index (χ3v) is 6.56. The van der Waals surface area contributed by atoms with Crippen LogP contribution in [-0.4, -0.2) is 42.6 Å². The molecule has 0 saturated carbocycles. The average Bonchev–Trinajstić information content (AvgIpc) is 2.83. The topological polar surface area (TPSA) is 62.3 Å². The number of thiazole rings is 1. The Labute approximate surface area is 125 Å². The van der Waals surface area contributed by atoms with Crippen molar-refractivity contribution in [1.82, 2.24) is 14.6 Å². The first-order valence-electron chi connectivity index (χ1n) is 7.13. The van der Waals surface area contributed by atoms with Crippen LogP contribution in [0.2, 0.25) is 0 Å². The third kappa shape index (κ3) is 4.25. The van der Waals surface area contributed by atoms with Gasteiger partial charge < -0.3 is 5.32 Å². The van der Waals surface area contributed by atoms with Crippen LogP contribution in [0.4, 0.5) is 0 Å². The SMILES string of the molecule is CCCS(=O)(=O)N1CCC(NCc2nc(C)cs2)CC1. The fourth-order valence-electron chi connectivity index (χ4n) is 2.44. The zero-order chi connectivity index (χ0) is 14.6. The van der Waals surface area contributed by atoms with Crippen molar-refractivity contribution in [3.8, 4) is 0 Å². The molecule has 1 saturated heterocycles. The molecule has 0 bridgehead atoms. The van der Waals surface area contributed by atoms with Crippen LogP contribution in [0.15, 0.2) is 5.38 Å². The van der Waals surface area contributed by atoms with E-state index < -0.39 is 10.0 Å². The number of rotatable bonds is 6. The highest BCUT2D eigenvalue weighted by molar-refractivity contribution is 7.89. The summed E-state index contributed by atoms with van der Waals surface area (Å²) >= 11 is 1.67. The second kappa shape index (κ2) is 6.98. The van der Waals surface area contributed by atoms with Crippen LogP contribution in [0.25, 0.3) is 0 Å². The molecule has 0 radical (unpaired) electrons. The van der Waals surface area contributed by atoms with Crippen LogP contribution in [0.5, 0.6) is 0 Å². The van der Waals surface area contributed by atoms with E-state index in [1.807, 2.05) is 13.8 Å². The van der Waals surface area contributed by atoms with Crippen molar-refractivity contribution in [2.45, 2.75) is 45.7 Å². The van der Waals surface area contributed by atoms with Crippen molar-refractivity contribution in [2.75, 3.05) is 18.8 Å². The quantitative estimate of drug-likeness (QED) is 0.868. The lowest BCUT2D eigenvalue weighted by atomic mass is 10.1. The Morgan fingerprint density at radius 2 is 2.15 bits per heavy atom. The highest BCUT2D eigenvalue weighted by atomic mass is 32.2. The molecule has 20 heavy (non-hydrogen) atoms. The first kappa shape index (κ1) is 15.9. The summed E-state index contributed by atoms with van der Waals surface area (Å²) < 4.78 is 25.6. The van der Waals surface area contributed by atoms with Crippen LogP contribution in [0.1, 0.15) is 36.9 Å². The normalized spacial score (nSPS) is 18.5. The van der Waals surface area contributed by atoms with E-state index in [0.717, 1.165) is 30.1 Å². The van der Waals surface area contributed by atoms with Crippen LogP contribution < -0.4 is 5.32 Å². The minimum absolute atomic E-state index is 0.267. The van der Waals surface area contributed by atoms with E-state index in [9.17, 15) is 8.42 Å². The number of aromatic nitrogens is 1. The molecule has 7 heteroatoms. The van der Waals surface area contributed by atoms with E-state index in [1.54, 1.807) is 15.6 Å². The van der Waals surface area contributed by atoms with E-state index in [4.69, 9.17) is 0 Å². The van der Waals surface area contributed by atoms with Gasteiger partial charge in [-0.25, -0.2) is 17.7 Å². The molecule has 1 aromatic heterocycles. The molecule has 2 heterocycles. The van der Waals surface area contributed by atoms with Gasteiger partial charge in [0.1, 0.15) is 5.01 Å². The lowest BCUT2D eigenvalue weighted by Crippen LogP contribution is -2.45. The van der Waals surface area contributed by atoms with Gasteiger partial charge in [0, 0.05) is 36.8 Å². The van der Waals surface area contributed by atoms with Crippen molar-refractivity contribution < 1.29 is 8.42 Å². The first-order chi connectivity index (χ1) is 9.51. The zero-order valence-electron chi connectivity index (χ0n) is 12.1. The summed E-state index contributed by atoms with van der Waals surface area (Å²) in [6.45, 7) is 5.96. The number of sulfonamides is 1. The molecule has 114 valence electrons. The summed E-state index contributed by atoms with van der Waals surface area (Å²) in [5, 5.41) is 6.63. The van der Waals surface area contributed by atoms with E-state index in [2.05, 4.69) is 15.7 Å². The summed E-state index contributed by atoms with van der Waals surface area (Å²) in [5.74, 6) is 0.267. The van der Waals surface area contributed by atoms with Gasteiger partial charge in [-0.05, 0) is 26.2 Å². The summed E-state index contributed by atoms with van der Waals surface area (Å²) in [7, 11) is -3.03. The predicted molar refractivity (Wildman–Crippen MR) is 82.4 cm³/mol. The highest BCUT2D eigenvalue weighted by Crippen LogP contribution is 2.16. The molecule has 0 atom stereocenters. The Morgan fingerprint density at radius 1 is 1.45 bits per heavy atom. The van der Waals surface area contributed by atoms with Crippen LogP contribution in [-0.2, 0) is 16.6 Å². The molecular weight excluding hydrogens is 294 g/mol. The lowest BCUT2D eigenvalue weighted by molar-refractivity contribution is 0.288. The van der Waals surface area contributed by atoms with Crippen molar-refractivity contribution in [3.63, 3.8) is 0 Å². The molecule has 1 fully saturated rings. The fraction of sp³-hybridized carbons (Fsp3) is 0.769. The second-order valence-electron chi connectivity index (χ2n) is 5.25. The Bertz CT molecular complexity index is 519. The molecule has 1 N–H and O–H groups in total. The monoisotopic (exact) mass is 317 g/mol. The van der Waals surface area contributed by atoms with Gasteiger partial charge in [-0.1, -0.05) is 6.92 Å². The molecule has 0 amide bonds. The Kier molecular flexibility index (Phi) is 5.54. The van der Waals surface area contributed by atoms with Crippen molar-refractivity contribution >= 4 is 21.4 Å². The maximum atomic E-state index is 12.0. The summed E-state index contributed by atoms with van der Waals surface area (Å²) in [5.41, 5.74) is 1.06. The second-order valence-corrected chi connectivity index (χ2v) is 8.28. The standard InChI is InChI=1S/C13H23N3O2S2/c1-3-8-20(17,18)16-6-4-12(5-7-16)14-9-13-15-11(2)10-19-13/h10,12,14H,3-9H2,1-2H3. The molecule has 0 aliphatic carbocycles. The minimum atomic E-state index is -3.03. The maximum Gasteiger partial charge on any atom is 0.214 e. The molecule has 0 spiro atoms. The number of hydrogen-bond acceptors (Lipinski definition) is 5. The van der Waals surface area contributed by atoms with Crippen molar-refractivity contribution in [2.24, 2.45) is 0 Å². The lowest BCUT2D eigenvalue weighted by Gasteiger charge is -2.31. The smallest absolute Gasteiger partial charge is 0.214 e. The molecule has 1 aliphatic rings.